The van der Waals surface area contributed by atoms with Gasteiger partial charge in [0.1, 0.15) is 0 Å². The molecule has 2 atom stereocenters. The first-order valence-electron chi connectivity index (χ1n) is 6.22. The first-order valence-corrected chi connectivity index (χ1v) is 7.48. The van der Waals surface area contributed by atoms with Crippen LogP contribution >= 0.6 is 7.80 Å². The fraction of sp³-hybridized carbons (Fsp3) is 0.769. The Morgan fingerprint density at radius 1 is 0.955 bits per heavy atom. The van der Waals surface area contributed by atoms with E-state index >= 15 is 0 Å². The third kappa shape index (κ3) is 3.60. The second kappa shape index (κ2) is 8.79. The SMILES string of the molecule is C=C(C)C(=O)[P+](=O)C(OC)(OC)C(OC)C(OC)(OC)OC. The van der Waals surface area contributed by atoms with Crippen molar-refractivity contribution in [2.24, 2.45) is 0 Å². The molecule has 0 spiro atoms. The Balaban J connectivity index is 6.13. The normalized spacial score (nSPS) is 14.6. The van der Waals surface area contributed by atoms with Crippen LogP contribution in [0.2, 0.25) is 0 Å². The van der Waals surface area contributed by atoms with Gasteiger partial charge in [-0.05, 0) is 6.92 Å². The summed E-state index contributed by atoms with van der Waals surface area (Å²) in [5.41, 5.74) is -2.63. The van der Waals surface area contributed by atoms with Gasteiger partial charge in [0.2, 0.25) is 6.10 Å². The molecule has 0 saturated carbocycles. The zero-order chi connectivity index (χ0) is 17.6. The van der Waals surface area contributed by atoms with Crippen LogP contribution in [0.3, 0.4) is 0 Å². The van der Waals surface area contributed by atoms with Crippen molar-refractivity contribution in [3.63, 3.8) is 0 Å². The predicted molar refractivity (Wildman–Crippen MR) is 78.7 cm³/mol. The van der Waals surface area contributed by atoms with Gasteiger partial charge in [-0.15, -0.1) is 0 Å². The average Bonchev–Trinajstić information content (AvgIpc) is 2.54. The predicted octanol–water partition coefficient (Wildman–Crippen LogP) is 1.47. The van der Waals surface area contributed by atoms with Gasteiger partial charge in [0.15, 0.2) is 0 Å². The van der Waals surface area contributed by atoms with E-state index in [1.807, 2.05) is 0 Å². The highest BCUT2D eigenvalue weighted by Crippen LogP contribution is 2.49. The molecule has 0 aliphatic rings. The van der Waals surface area contributed by atoms with Crippen molar-refractivity contribution in [3.05, 3.63) is 12.2 Å². The molecule has 0 saturated heterocycles. The van der Waals surface area contributed by atoms with Crippen LogP contribution in [0.5, 0.6) is 0 Å². The monoisotopic (exact) mass is 339 g/mol. The summed E-state index contributed by atoms with van der Waals surface area (Å²) in [7, 11) is 4.86. The molecule has 2 unspecified atom stereocenters. The molecule has 0 aliphatic carbocycles. The van der Waals surface area contributed by atoms with E-state index in [0.717, 1.165) is 0 Å². The standard InChI is InChI=1S/C13H24O8P/c1-9(2)10(14)22(15)13(20-7,21-8)11(16-3)12(17-4,18-5)19-6/h11H,1H2,2-8H3/q+1. The van der Waals surface area contributed by atoms with Gasteiger partial charge < -0.3 is 28.4 Å². The summed E-state index contributed by atoms with van der Waals surface area (Å²) in [6.45, 7) is 4.92. The molecule has 128 valence electrons. The highest BCUT2D eigenvalue weighted by Gasteiger charge is 2.70. The summed E-state index contributed by atoms with van der Waals surface area (Å²) >= 11 is 0. The van der Waals surface area contributed by atoms with Crippen LogP contribution < -0.4 is 0 Å². The molecule has 8 nitrogen and oxygen atoms in total. The van der Waals surface area contributed by atoms with Crippen LogP contribution in [0.4, 0.5) is 0 Å². The van der Waals surface area contributed by atoms with Crippen LogP contribution in [0, 0.1) is 0 Å². The van der Waals surface area contributed by atoms with E-state index in [1.54, 1.807) is 0 Å². The zero-order valence-electron chi connectivity index (χ0n) is 14.0. The quantitative estimate of drug-likeness (QED) is 0.318. The minimum atomic E-state index is -2.75. The van der Waals surface area contributed by atoms with Gasteiger partial charge in [0, 0.05) is 48.2 Å². The summed E-state index contributed by atoms with van der Waals surface area (Å²) < 4.78 is 44.1. The highest BCUT2D eigenvalue weighted by molar-refractivity contribution is 7.65. The fourth-order valence-corrected chi connectivity index (χ4v) is 3.41. The van der Waals surface area contributed by atoms with Gasteiger partial charge in [-0.1, -0.05) is 11.1 Å². The van der Waals surface area contributed by atoms with Crippen LogP contribution in [0.15, 0.2) is 12.2 Å². The van der Waals surface area contributed by atoms with Crippen LogP contribution in [0.25, 0.3) is 0 Å². The molecule has 0 fully saturated rings. The maximum atomic E-state index is 12.7. The molecule has 22 heavy (non-hydrogen) atoms. The Bertz CT molecular complexity index is 406. The number of carbonyl (C=O) groups excluding carboxylic acids is 1. The molecule has 0 heterocycles. The lowest BCUT2D eigenvalue weighted by Crippen LogP contribution is -2.61. The number of rotatable bonds is 11. The van der Waals surface area contributed by atoms with E-state index in [2.05, 4.69) is 6.58 Å². The third-order valence-corrected chi connectivity index (χ3v) is 5.08. The molecule has 0 aromatic heterocycles. The zero-order valence-corrected chi connectivity index (χ0v) is 14.9. The molecule has 0 amide bonds. The molecule has 0 rings (SSSR count). The third-order valence-electron chi connectivity index (χ3n) is 3.16. The number of ether oxygens (including phenoxy) is 6. The van der Waals surface area contributed by atoms with E-state index < -0.39 is 30.9 Å². The summed E-state index contributed by atoms with van der Waals surface area (Å²) in [4.78, 5) is 12.1. The molecule has 0 radical (unpaired) electrons. The van der Waals surface area contributed by atoms with Crippen molar-refractivity contribution in [2.75, 3.05) is 42.7 Å². The van der Waals surface area contributed by atoms with Gasteiger partial charge in [0.05, 0.1) is 0 Å². The molecule has 0 aromatic carbocycles. The van der Waals surface area contributed by atoms with Gasteiger partial charge in [0.25, 0.3) is 0 Å². The number of hydrogen-bond acceptors (Lipinski definition) is 8. The molecule has 0 aromatic rings. The Hall–Kier alpha value is -0.730. The number of allylic oxidation sites excluding steroid dienone is 1. The van der Waals surface area contributed by atoms with Gasteiger partial charge in [-0.3, -0.25) is 0 Å². The summed E-state index contributed by atoms with van der Waals surface area (Å²) in [5, 5.41) is 0. The Morgan fingerprint density at radius 3 is 1.59 bits per heavy atom. The van der Waals surface area contributed by atoms with Gasteiger partial charge in [-0.25, -0.2) is 4.79 Å². The minimum absolute atomic E-state index is 0.0901. The van der Waals surface area contributed by atoms with Crippen LogP contribution in [0.1, 0.15) is 6.92 Å². The lowest BCUT2D eigenvalue weighted by molar-refractivity contribution is -0.422. The van der Waals surface area contributed by atoms with E-state index in [9.17, 15) is 9.36 Å². The highest BCUT2D eigenvalue weighted by atomic mass is 31.1. The van der Waals surface area contributed by atoms with Crippen molar-refractivity contribution in [2.45, 2.75) is 24.5 Å². The largest absolute Gasteiger partial charge is 0.489 e. The van der Waals surface area contributed by atoms with Crippen molar-refractivity contribution in [3.8, 4) is 0 Å². The second-order valence-electron chi connectivity index (χ2n) is 4.25. The van der Waals surface area contributed by atoms with Crippen molar-refractivity contribution in [1.82, 2.24) is 0 Å². The molecule has 0 N–H and O–H groups in total. The first kappa shape index (κ1) is 21.3. The lowest BCUT2D eigenvalue weighted by atomic mass is 10.2. The summed E-state index contributed by atoms with van der Waals surface area (Å²) in [6, 6.07) is 0. The maximum absolute atomic E-state index is 12.7. The molecule has 9 heteroatoms. The van der Waals surface area contributed by atoms with E-state index in [4.69, 9.17) is 28.4 Å². The van der Waals surface area contributed by atoms with Crippen LogP contribution in [-0.4, -0.2) is 65.8 Å². The van der Waals surface area contributed by atoms with E-state index in [1.165, 1.54) is 49.6 Å². The van der Waals surface area contributed by atoms with Crippen molar-refractivity contribution >= 4 is 13.3 Å². The Kier molecular flexibility index (Phi) is 8.49. The Labute approximate surface area is 131 Å². The number of carbonyl (C=O) groups is 1. The van der Waals surface area contributed by atoms with Gasteiger partial charge in [-0.2, -0.15) is 0 Å². The molecule has 0 aliphatic heterocycles. The smallest absolute Gasteiger partial charge is 0.364 e. The molecular formula is C13H24O8P+. The second-order valence-corrected chi connectivity index (χ2v) is 5.87. The van der Waals surface area contributed by atoms with Crippen molar-refractivity contribution in [1.29, 1.82) is 0 Å². The fourth-order valence-electron chi connectivity index (χ4n) is 1.97. The minimum Gasteiger partial charge on any atom is -0.364 e. The topological polar surface area (TPSA) is 89.5 Å². The van der Waals surface area contributed by atoms with E-state index in [0.29, 0.717) is 0 Å². The molecular weight excluding hydrogens is 315 g/mol. The van der Waals surface area contributed by atoms with Crippen molar-refractivity contribution < 1.29 is 37.8 Å². The number of methoxy groups -OCH3 is 6. The first-order chi connectivity index (χ1) is 10.3. The number of hydrogen-bond donors (Lipinski definition) is 0. The maximum Gasteiger partial charge on any atom is 0.489 e. The van der Waals surface area contributed by atoms with Gasteiger partial charge >= 0.3 is 24.8 Å². The van der Waals surface area contributed by atoms with E-state index in [-0.39, 0.29) is 5.57 Å². The van der Waals surface area contributed by atoms with Crippen LogP contribution in [-0.2, 0) is 37.8 Å². The average molecular weight is 339 g/mol. The summed E-state index contributed by atoms with van der Waals surface area (Å²) in [6.07, 6.45) is -1.30. The summed E-state index contributed by atoms with van der Waals surface area (Å²) in [5.74, 6) is -1.80. The lowest BCUT2D eigenvalue weighted by Gasteiger charge is -2.38. The molecule has 0 bridgehead atoms. The Morgan fingerprint density at radius 2 is 1.36 bits per heavy atom.